The molecule has 110 valence electrons. The maximum atomic E-state index is 12.4. The van der Waals surface area contributed by atoms with Gasteiger partial charge in [0.2, 0.25) is 0 Å². The minimum Gasteiger partial charge on any atom is -0.396 e. The normalized spacial score (nSPS) is 22.2. The van der Waals surface area contributed by atoms with E-state index < -0.39 is 0 Å². The van der Waals surface area contributed by atoms with Crippen LogP contribution in [0.2, 0.25) is 0 Å². The van der Waals surface area contributed by atoms with E-state index in [9.17, 15) is 4.79 Å². The Morgan fingerprint density at radius 1 is 1.50 bits per heavy atom. The highest BCUT2D eigenvalue weighted by atomic mass is 16.3. The zero-order chi connectivity index (χ0) is 14.9. The number of aliphatic hydroxyl groups excluding tert-OH is 1. The second-order valence-corrected chi connectivity index (χ2v) is 6.46. The monoisotopic (exact) mass is 277 g/mol. The van der Waals surface area contributed by atoms with Gasteiger partial charge in [-0.05, 0) is 6.42 Å². The van der Waals surface area contributed by atoms with Gasteiger partial charge in [-0.2, -0.15) is 5.10 Å². The molecule has 1 amide bonds. The van der Waals surface area contributed by atoms with Gasteiger partial charge in [0.25, 0.3) is 5.91 Å². The van der Waals surface area contributed by atoms with Crippen LogP contribution in [0, 0.1) is 5.92 Å². The van der Waals surface area contributed by atoms with E-state index in [1.165, 1.54) is 0 Å². The third-order valence-electron chi connectivity index (χ3n) is 3.51. The van der Waals surface area contributed by atoms with Crippen molar-refractivity contribution in [2.75, 3.05) is 6.61 Å². The first kappa shape index (κ1) is 14.8. The summed E-state index contributed by atoms with van der Waals surface area (Å²) < 4.78 is 1.68. The molecule has 1 aliphatic carbocycles. The molecule has 0 radical (unpaired) electrons. The summed E-state index contributed by atoms with van der Waals surface area (Å²) in [4.78, 5) is 12.4. The summed E-state index contributed by atoms with van der Waals surface area (Å²) in [6.45, 7) is 6.26. The number of nitrogens with zero attached hydrogens (tertiary/aromatic N) is 2. The highest BCUT2D eigenvalue weighted by molar-refractivity contribution is 5.95. The number of amides is 1. The van der Waals surface area contributed by atoms with Crippen molar-refractivity contribution in [1.29, 1.82) is 0 Å². The Morgan fingerprint density at radius 2 is 2.20 bits per heavy atom. The number of hydrogen-bond acceptors (Lipinski definition) is 3. The van der Waals surface area contributed by atoms with Gasteiger partial charge >= 0.3 is 0 Å². The lowest BCUT2D eigenvalue weighted by molar-refractivity contribution is 0.0939. The van der Waals surface area contributed by atoms with Gasteiger partial charge in [0.15, 0.2) is 0 Å². The number of carbonyl (C=O) groups is 1. The second kappa shape index (κ2) is 5.40. The van der Waals surface area contributed by atoms with E-state index >= 15 is 0 Å². The number of aliphatic hydroxyl groups is 1. The van der Waals surface area contributed by atoms with Crippen LogP contribution in [0.15, 0.2) is 18.3 Å². The molecule has 5 nitrogen and oxygen atoms in total. The highest BCUT2D eigenvalue weighted by Crippen LogP contribution is 2.25. The van der Waals surface area contributed by atoms with Crippen LogP contribution in [-0.4, -0.2) is 33.4 Å². The molecule has 0 saturated carbocycles. The Morgan fingerprint density at radius 3 is 2.75 bits per heavy atom. The summed E-state index contributed by atoms with van der Waals surface area (Å²) in [5.74, 6) is 0.0487. The largest absolute Gasteiger partial charge is 0.396 e. The van der Waals surface area contributed by atoms with Crippen LogP contribution in [0.5, 0.6) is 0 Å². The molecule has 20 heavy (non-hydrogen) atoms. The fourth-order valence-electron chi connectivity index (χ4n) is 2.47. The smallest absolute Gasteiger partial charge is 0.255 e. The number of aromatic nitrogens is 2. The molecule has 1 heterocycles. The molecule has 0 bridgehead atoms. The zero-order valence-corrected chi connectivity index (χ0v) is 12.6. The SMILES string of the molecule is Cn1cc(C(=O)N[C@@H]2C=C[C@H](CO)C2)c(C(C)(C)C)n1. The third-order valence-corrected chi connectivity index (χ3v) is 3.51. The van der Waals surface area contributed by atoms with E-state index in [1.54, 1.807) is 10.9 Å². The maximum Gasteiger partial charge on any atom is 0.255 e. The van der Waals surface area contributed by atoms with Crippen molar-refractivity contribution in [3.8, 4) is 0 Å². The lowest BCUT2D eigenvalue weighted by Gasteiger charge is -2.18. The Kier molecular flexibility index (Phi) is 3.99. The third kappa shape index (κ3) is 3.10. The highest BCUT2D eigenvalue weighted by Gasteiger charge is 2.27. The molecule has 2 atom stereocenters. The predicted molar refractivity (Wildman–Crippen MR) is 77.5 cm³/mol. The zero-order valence-electron chi connectivity index (χ0n) is 12.6. The van der Waals surface area contributed by atoms with Crippen LogP contribution in [0.25, 0.3) is 0 Å². The number of carbonyl (C=O) groups excluding carboxylic acids is 1. The van der Waals surface area contributed by atoms with E-state index in [-0.39, 0.29) is 29.9 Å². The Balaban J connectivity index is 2.13. The molecule has 2 N–H and O–H groups in total. The maximum absolute atomic E-state index is 12.4. The van der Waals surface area contributed by atoms with Crippen LogP contribution < -0.4 is 5.32 Å². The summed E-state index contributed by atoms with van der Waals surface area (Å²) in [5.41, 5.74) is 1.26. The van der Waals surface area contributed by atoms with E-state index in [0.717, 1.165) is 12.1 Å². The summed E-state index contributed by atoms with van der Waals surface area (Å²) in [5, 5.41) is 16.5. The van der Waals surface area contributed by atoms with Crippen molar-refractivity contribution in [3.05, 3.63) is 29.6 Å². The van der Waals surface area contributed by atoms with Gasteiger partial charge in [0.05, 0.1) is 11.3 Å². The van der Waals surface area contributed by atoms with Crippen molar-refractivity contribution in [2.45, 2.75) is 38.6 Å². The molecule has 0 spiro atoms. The Labute approximate surface area is 119 Å². The molecule has 0 aliphatic heterocycles. The number of rotatable bonds is 3. The number of aryl methyl sites for hydroxylation is 1. The quantitative estimate of drug-likeness (QED) is 0.820. The van der Waals surface area contributed by atoms with E-state index in [4.69, 9.17) is 5.11 Å². The van der Waals surface area contributed by atoms with Crippen molar-refractivity contribution in [1.82, 2.24) is 15.1 Å². The number of nitrogens with one attached hydrogen (secondary N) is 1. The van der Waals surface area contributed by atoms with Crippen LogP contribution >= 0.6 is 0 Å². The van der Waals surface area contributed by atoms with Crippen molar-refractivity contribution in [2.24, 2.45) is 13.0 Å². The Bertz CT molecular complexity index is 526. The molecule has 2 rings (SSSR count). The molecular formula is C15H23N3O2. The molecule has 1 aliphatic rings. The molecule has 0 aromatic carbocycles. The van der Waals surface area contributed by atoms with E-state index in [1.807, 2.05) is 40.0 Å². The minimum atomic E-state index is -0.174. The van der Waals surface area contributed by atoms with Crippen LogP contribution in [0.4, 0.5) is 0 Å². The predicted octanol–water partition coefficient (Wildman–Crippen LogP) is 1.38. The molecule has 0 unspecified atom stereocenters. The van der Waals surface area contributed by atoms with Gasteiger partial charge in [-0.25, -0.2) is 0 Å². The van der Waals surface area contributed by atoms with Gasteiger partial charge in [0.1, 0.15) is 0 Å². The van der Waals surface area contributed by atoms with E-state index in [2.05, 4.69) is 10.4 Å². The molecule has 0 fully saturated rings. The summed E-state index contributed by atoms with van der Waals surface area (Å²) >= 11 is 0. The second-order valence-electron chi connectivity index (χ2n) is 6.46. The molecule has 5 heteroatoms. The van der Waals surface area contributed by atoms with Crippen molar-refractivity contribution in [3.63, 3.8) is 0 Å². The lowest BCUT2D eigenvalue weighted by atomic mass is 9.89. The molecule has 0 saturated heterocycles. The number of hydrogen-bond donors (Lipinski definition) is 2. The average Bonchev–Trinajstić information content (AvgIpc) is 2.94. The standard InChI is InChI=1S/C15H23N3O2/c1-15(2,3)13-12(8-18(4)17-13)14(20)16-11-6-5-10(7-11)9-19/h5-6,8,10-11,19H,7,9H2,1-4H3,(H,16,20)/t10-,11+/m0/s1. The first-order valence-corrected chi connectivity index (χ1v) is 6.95. The van der Waals surface area contributed by atoms with Crippen molar-refractivity contribution < 1.29 is 9.90 Å². The van der Waals surface area contributed by atoms with Gasteiger partial charge in [-0.15, -0.1) is 0 Å². The summed E-state index contributed by atoms with van der Waals surface area (Å²) in [6.07, 6.45) is 6.43. The fraction of sp³-hybridized carbons (Fsp3) is 0.600. The van der Waals surface area contributed by atoms with Crippen LogP contribution in [0.3, 0.4) is 0 Å². The molecule has 1 aromatic heterocycles. The van der Waals surface area contributed by atoms with Crippen molar-refractivity contribution >= 4 is 5.91 Å². The van der Waals surface area contributed by atoms with E-state index in [0.29, 0.717) is 5.56 Å². The summed E-state index contributed by atoms with van der Waals surface area (Å²) in [7, 11) is 1.82. The fourth-order valence-corrected chi connectivity index (χ4v) is 2.47. The van der Waals surface area contributed by atoms with Gasteiger partial charge in [-0.1, -0.05) is 32.9 Å². The van der Waals surface area contributed by atoms with Gasteiger partial charge in [0, 0.05) is 37.2 Å². The first-order valence-electron chi connectivity index (χ1n) is 6.95. The summed E-state index contributed by atoms with van der Waals surface area (Å²) in [6, 6.07) is -0.00678. The first-order chi connectivity index (χ1) is 9.31. The Hall–Kier alpha value is -1.62. The topological polar surface area (TPSA) is 67.2 Å². The molecule has 1 aromatic rings. The molecular weight excluding hydrogens is 254 g/mol. The van der Waals surface area contributed by atoms with Gasteiger partial charge < -0.3 is 10.4 Å². The average molecular weight is 277 g/mol. The lowest BCUT2D eigenvalue weighted by Crippen LogP contribution is -2.34. The minimum absolute atomic E-state index is 0.00678. The van der Waals surface area contributed by atoms with Gasteiger partial charge in [-0.3, -0.25) is 9.48 Å². The van der Waals surface area contributed by atoms with Crippen LogP contribution in [-0.2, 0) is 12.5 Å². The van der Waals surface area contributed by atoms with Crippen LogP contribution in [0.1, 0.15) is 43.2 Å².